The second-order valence-electron chi connectivity index (χ2n) is 12.5. The zero-order chi connectivity index (χ0) is 31.9. The first-order valence-corrected chi connectivity index (χ1v) is 16.1. The van der Waals surface area contributed by atoms with Gasteiger partial charge in [-0.3, -0.25) is 0 Å². The van der Waals surface area contributed by atoms with Crippen molar-refractivity contribution in [1.82, 2.24) is 0 Å². The van der Waals surface area contributed by atoms with E-state index in [4.69, 9.17) is 0 Å². The summed E-state index contributed by atoms with van der Waals surface area (Å²) in [6, 6.07) is 12.4. The maximum absolute atomic E-state index is 15.0. The lowest BCUT2D eigenvalue weighted by Gasteiger charge is -2.29. The van der Waals surface area contributed by atoms with Crippen LogP contribution < -0.4 is 0 Å². The van der Waals surface area contributed by atoms with E-state index in [1.807, 2.05) is 12.1 Å². The van der Waals surface area contributed by atoms with Crippen molar-refractivity contribution < 1.29 is 31.1 Å². The number of hydrogen-bond acceptors (Lipinski definition) is 1. The number of aryl methyl sites for hydroxylation is 1. The van der Waals surface area contributed by atoms with Crippen molar-refractivity contribution in [2.75, 3.05) is 6.61 Å². The fraction of sp³-hybridized carbons (Fsp3) is 0.421. The van der Waals surface area contributed by atoms with Crippen LogP contribution in [-0.4, -0.2) is 6.61 Å². The molecule has 0 unspecified atom stereocenters. The van der Waals surface area contributed by atoms with E-state index < -0.39 is 29.3 Å². The van der Waals surface area contributed by atoms with E-state index in [1.165, 1.54) is 18.2 Å². The molecule has 5 rings (SSSR count). The van der Waals surface area contributed by atoms with E-state index in [0.717, 1.165) is 69.9 Å². The molecule has 2 saturated carbocycles. The minimum atomic E-state index is -1.40. The largest absolute Gasteiger partial charge is 0.469 e. The molecule has 0 aliphatic heterocycles. The van der Waals surface area contributed by atoms with Crippen molar-refractivity contribution in [3.05, 3.63) is 113 Å². The van der Waals surface area contributed by atoms with Crippen LogP contribution in [0.4, 0.5) is 26.3 Å². The van der Waals surface area contributed by atoms with Gasteiger partial charge in [0.15, 0.2) is 17.5 Å². The molecule has 7 heteroatoms. The average Bonchev–Trinajstić information content (AvgIpc) is 3.06. The molecule has 0 amide bonds. The highest BCUT2D eigenvalue weighted by molar-refractivity contribution is 5.68. The van der Waals surface area contributed by atoms with Crippen molar-refractivity contribution >= 4 is 5.83 Å². The third kappa shape index (κ3) is 8.42. The summed E-state index contributed by atoms with van der Waals surface area (Å²) < 4.78 is 88.0. The molecule has 0 atom stereocenters. The normalized spacial score (nSPS) is 22.8. The van der Waals surface area contributed by atoms with Crippen LogP contribution >= 0.6 is 0 Å². The Kier molecular flexibility index (Phi) is 11.1. The van der Waals surface area contributed by atoms with Crippen LogP contribution in [-0.2, 0) is 11.2 Å². The lowest BCUT2D eigenvalue weighted by atomic mass is 9.76. The van der Waals surface area contributed by atoms with Crippen molar-refractivity contribution in [3.8, 4) is 11.1 Å². The van der Waals surface area contributed by atoms with Crippen molar-refractivity contribution in [3.63, 3.8) is 0 Å². The standard InChI is InChI=1S/C38H40F6O/c1-2-45-38(44)36(42)30-18-15-27(16-19-30)31-20-17-29(33(39)21-31)14-11-25-6-3-24(4-7-25)5-8-26-9-12-28(13-10-26)32-22-34(40)37(43)35(41)23-32/h5,8,15-26,28H,2-4,6-7,9-14H2,1H3/b8-5+,38-36-. The Hall–Kier alpha value is -3.48. The summed E-state index contributed by atoms with van der Waals surface area (Å²) in [5.41, 5.74) is 2.70. The highest BCUT2D eigenvalue weighted by Gasteiger charge is 2.25. The molecule has 0 aromatic heterocycles. The van der Waals surface area contributed by atoms with Gasteiger partial charge in [0.25, 0.3) is 0 Å². The Labute approximate surface area is 262 Å². The Morgan fingerprint density at radius 2 is 1.29 bits per heavy atom. The summed E-state index contributed by atoms with van der Waals surface area (Å²) >= 11 is 0. The lowest BCUT2D eigenvalue weighted by Crippen LogP contribution is -2.15. The van der Waals surface area contributed by atoms with Gasteiger partial charge in [0, 0.05) is 5.56 Å². The van der Waals surface area contributed by atoms with Gasteiger partial charge in [-0.25, -0.2) is 17.6 Å². The molecular weight excluding hydrogens is 586 g/mol. The first kappa shape index (κ1) is 32.9. The number of benzene rings is 3. The van der Waals surface area contributed by atoms with Gasteiger partial charge in [-0.15, -0.1) is 0 Å². The van der Waals surface area contributed by atoms with Crippen molar-refractivity contribution in [1.29, 1.82) is 0 Å². The molecule has 0 bridgehead atoms. The second kappa shape index (κ2) is 15.2. The van der Waals surface area contributed by atoms with E-state index in [9.17, 15) is 22.0 Å². The quantitative estimate of drug-likeness (QED) is 0.0942. The molecule has 0 N–H and O–H groups in total. The Morgan fingerprint density at radius 3 is 1.87 bits per heavy atom. The molecule has 0 heterocycles. The van der Waals surface area contributed by atoms with E-state index in [-0.39, 0.29) is 23.9 Å². The summed E-state index contributed by atoms with van der Waals surface area (Å²) in [5.74, 6) is -3.33. The van der Waals surface area contributed by atoms with Crippen molar-refractivity contribution in [2.45, 2.75) is 77.0 Å². The summed E-state index contributed by atoms with van der Waals surface area (Å²) in [6.45, 7) is 1.61. The van der Waals surface area contributed by atoms with Crippen LogP contribution in [0.3, 0.4) is 0 Å². The third-order valence-corrected chi connectivity index (χ3v) is 9.59. The molecule has 45 heavy (non-hydrogen) atoms. The fourth-order valence-electron chi connectivity index (χ4n) is 6.84. The molecule has 3 aromatic rings. The van der Waals surface area contributed by atoms with Crippen LogP contribution in [0.5, 0.6) is 0 Å². The predicted octanol–water partition coefficient (Wildman–Crippen LogP) is 11.8. The summed E-state index contributed by atoms with van der Waals surface area (Å²) in [6.07, 6.45) is 14.3. The first-order valence-electron chi connectivity index (χ1n) is 16.1. The molecule has 3 aromatic carbocycles. The molecule has 240 valence electrons. The maximum atomic E-state index is 15.0. The van der Waals surface area contributed by atoms with Crippen LogP contribution in [0, 0.1) is 41.0 Å². The highest BCUT2D eigenvalue weighted by atomic mass is 19.2. The summed E-state index contributed by atoms with van der Waals surface area (Å²) in [4.78, 5) is 0. The van der Waals surface area contributed by atoms with Gasteiger partial charge in [0.05, 0.1) is 6.61 Å². The Bertz CT molecular complexity index is 1470. The Morgan fingerprint density at radius 1 is 0.711 bits per heavy atom. The van der Waals surface area contributed by atoms with Gasteiger partial charge in [-0.05, 0) is 135 Å². The van der Waals surface area contributed by atoms with Crippen molar-refractivity contribution in [2.24, 2.45) is 17.8 Å². The zero-order valence-corrected chi connectivity index (χ0v) is 25.6. The number of rotatable bonds is 10. The minimum Gasteiger partial charge on any atom is -0.469 e. The van der Waals surface area contributed by atoms with Crippen LogP contribution in [0.1, 0.15) is 87.3 Å². The first-order chi connectivity index (χ1) is 21.7. The Balaban J connectivity index is 1.05. The van der Waals surface area contributed by atoms with E-state index in [2.05, 4.69) is 16.9 Å². The van der Waals surface area contributed by atoms with Crippen LogP contribution in [0.15, 0.2) is 72.8 Å². The molecule has 0 radical (unpaired) electrons. The highest BCUT2D eigenvalue weighted by Crippen LogP contribution is 2.39. The molecule has 0 spiro atoms. The minimum absolute atomic E-state index is 0.0311. The SMILES string of the molecule is CCO/C(F)=C(\F)c1ccc(-c2ccc(CCC3CCC(/C=C/C4CCC(c5cc(F)c(F)c(F)c5)CC4)CC3)c(F)c2)cc1. The van der Waals surface area contributed by atoms with Gasteiger partial charge < -0.3 is 4.74 Å². The van der Waals surface area contributed by atoms with Gasteiger partial charge in [0.1, 0.15) is 5.82 Å². The molecule has 2 aliphatic rings. The second-order valence-corrected chi connectivity index (χ2v) is 12.5. The van der Waals surface area contributed by atoms with Gasteiger partial charge in [0.2, 0.25) is 5.83 Å². The topological polar surface area (TPSA) is 9.23 Å². The van der Waals surface area contributed by atoms with Gasteiger partial charge in [-0.1, -0.05) is 48.6 Å². The van der Waals surface area contributed by atoms with E-state index >= 15 is 4.39 Å². The molecule has 2 aliphatic carbocycles. The maximum Gasteiger partial charge on any atom is 0.309 e. The lowest BCUT2D eigenvalue weighted by molar-refractivity contribution is 0.156. The monoisotopic (exact) mass is 626 g/mol. The number of ether oxygens (including phenoxy) is 1. The van der Waals surface area contributed by atoms with Crippen LogP contribution in [0.25, 0.3) is 17.0 Å². The molecule has 0 saturated heterocycles. The predicted molar refractivity (Wildman–Crippen MR) is 167 cm³/mol. The fourth-order valence-corrected chi connectivity index (χ4v) is 6.84. The summed E-state index contributed by atoms with van der Waals surface area (Å²) in [5, 5.41) is 0. The number of allylic oxidation sites excluding steroid dienone is 2. The summed E-state index contributed by atoms with van der Waals surface area (Å²) in [7, 11) is 0. The molecule has 1 nitrogen and oxygen atoms in total. The molecule has 2 fully saturated rings. The van der Waals surface area contributed by atoms with Gasteiger partial charge in [-0.2, -0.15) is 8.78 Å². The zero-order valence-electron chi connectivity index (χ0n) is 25.6. The smallest absolute Gasteiger partial charge is 0.309 e. The van der Waals surface area contributed by atoms with Crippen LogP contribution in [0.2, 0.25) is 0 Å². The number of halogens is 6. The van der Waals surface area contributed by atoms with E-state index in [0.29, 0.717) is 46.4 Å². The number of hydrogen-bond donors (Lipinski definition) is 0. The third-order valence-electron chi connectivity index (χ3n) is 9.59. The average molecular weight is 627 g/mol. The molecular formula is C38H40F6O. The van der Waals surface area contributed by atoms with E-state index in [1.54, 1.807) is 19.1 Å². The van der Waals surface area contributed by atoms with Gasteiger partial charge >= 0.3 is 6.01 Å².